The van der Waals surface area contributed by atoms with Gasteiger partial charge in [0, 0.05) is 12.1 Å². The molecule has 9 nitrogen and oxygen atoms in total. The predicted octanol–water partition coefficient (Wildman–Crippen LogP) is 1.43. The van der Waals surface area contributed by atoms with Crippen molar-refractivity contribution >= 4 is 29.3 Å². The molecule has 1 aliphatic heterocycles. The Hall–Kier alpha value is -4.03. The Morgan fingerprint density at radius 3 is 2.45 bits per heavy atom. The SMILES string of the molecule is CCOC(=O)CCN1C(=O)c2ccccc2N(N)C(=O)C1C(=O)c1ccc(C#N)cc1. The fourth-order valence-electron chi connectivity index (χ4n) is 3.32. The van der Waals surface area contributed by atoms with Crippen LogP contribution >= 0.6 is 0 Å². The van der Waals surface area contributed by atoms with Gasteiger partial charge in [-0.25, -0.2) is 10.9 Å². The van der Waals surface area contributed by atoms with Crippen LogP contribution < -0.4 is 10.9 Å². The van der Waals surface area contributed by atoms with Crippen molar-refractivity contribution in [3.63, 3.8) is 0 Å². The lowest BCUT2D eigenvalue weighted by molar-refractivity contribution is -0.143. The van der Waals surface area contributed by atoms with E-state index in [4.69, 9.17) is 15.8 Å². The Labute approximate surface area is 178 Å². The van der Waals surface area contributed by atoms with Gasteiger partial charge in [-0.05, 0) is 31.2 Å². The normalized spacial score (nSPS) is 15.7. The molecule has 0 saturated carbocycles. The highest BCUT2D eigenvalue weighted by molar-refractivity contribution is 6.22. The van der Waals surface area contributed by atoms with Crippen molar-refractivity contribution < 1.29 is 23.9 Å². The van der Waals surface area contributed by atoms with E-state index < -0.39 is 29.6 Å². The average molecular weight is 420 g/mol. The Morgan fingerprint density at radius 2 is 1.81 bits per heavy atom. The standard InChI is InChI=1S/C22H20N4O5/c1-2-31-18(27)11-12-25-19(20(28)15-9-7-14(13-23)8-10-15)22(30)26(24)17-6-4-3-5-16(17)21(25)29/h3-10,19H,2,11-12,24H2,1H3. The Morgan fingerprint density at radius 1 is 1.13 bits per heavy atom. The van der Waals surface area contributed by atoms with Crippen LogP contribution in [0.15, 0.2) is 48.5 Å². The minimum absolute atomic E-state index is 0.130. The summed E-state index contributed by atoms with van der Waals surface area (Å²) >= 11 is 0. The zero-order valence-corrected chi connectivity index (χ0v) is 16.8. The number of hydrogen-bond donors (Lipinski definition) is 1. The van der Waals surface area contributed by atoms with Gasteiger partial charge in [0.1, 0.15) is 0 Å². The van der Waals surface area contributed by atoms with Gasteiger partial charge in [0.05, 0.1) is 35.9 Å². The zero-order valence-electron chi connectivity index (χ0n) is 16.8. The number of nitrogens with two attached hydrogens (primary N) is 1. The fourth-order valence-corrected chi connectivity index (χ4v) is 3.32. The first kappa shape index (κ1) is 21.7. The molecule has 0 radical (unpaired) electrons. The third-order valence-electron chi connectivity index (χ3n) is 4.85. The van der Waals surface area contributed by atoms with Gasteiger partial charge in [-0.15, -0.1) is 0 Å². The number of rotatable bonds is 6. The number of esters is 1. The number of nitrogens with zero attached hydrogens (tertiary/aromatic N) is 3. The molecule has 2 amide bonds. The van der Waals surface area contributed by atoms with Gasteiger partial charge in [-0.3, -0.25) is 19.2 Å². The number of amides is 2. The third-order valence-corrected chi connectivity index (χ3v) is 4.85. The van der Waals surface area contributed by atoms with Gasteiger partial charge in [-0.1, -0.05) is 24.3 Å². The molecule has 0 aromatic heterocycles. The number of nitriles is 1. The molecule has 1 unspecified atom stereocenters. The van der Waals surface area contributed by atoms with Crippen LogP contribution in [0.5, 0.6) is 0 Å². The molecule has 0 spiro atoms. The van der Waals surface area contributed by atoms with Crippen LogP contribution in [-0.2, 0) is 14.3 Å². The second kappa shape index (κ2) is 9.19. The number of ketones is 1. The summed E-state index contributed by atoms with van der Waals surface area (Å²) in [5, 5.41) is 9.75. The van der Waals surface area contributed by atoms with Gasteiger partial charge in [0.15, 0.2) is 11.8 Å². The number of para-hydroxylation sites is 1. The number of ether oxygens (including phenoxy) is 1. The maximum Gasteiger partial charge on any atom is 0.307 e. The number of hydrogen-bond acceptors (Lipinski definition) is 7. The topological polar surface area (TPSA) is 134 Å². The molecule has 2 aromatic rings. The molecule has 9 heteroatoms. The maximum atomic E-state index is 13.3. The van der Waals surface area contributed by atoms with Gasteiger partial charge in [-0.2, -0.15) is 5.26 Å². The third kappa shape index (κ3) is 4.29. The lowest BCUT2D eigenvalue weighted by Gasteiger charge is -2.28. The van der Waals surface area contributed by atoms with Crippen molar-refractivity contribution in [3.05, 3.63) is 65.2 Å². The van der Waals surface area contributed by atoms with E-state index in [1.807, 2.05) is 6.07 Å². The predicted molar refractivity (Wildman–Crippen MR) is 110 cm³/mol. The highest BCUT2D eigenvalue weighted by Crippen LogP contribution is 2.27. The van der Waals surface area contributed by atoms with E-state index in [9.17, 15) is 19.2 Å². The molecule has 1 atom stereocenters. The number of carbonyl (C=O) groups excluding carboxylic acids is 4. The second-order valence-corrected chi connectivity index (χ2v) is 6.73. The molecular formula is C22H20N4O5. The van der Waals surface area contributed by atoms with Crippen LogP contribution in [-0.4, -0.2) is 47.7 Å². The minimum Gasteiger partial charge on any atom is -0.466 e. The summed E-state index contributed by atoms with van der Waals surface area (Å²) in [6, 6.07) is 12.3. The molecule has 2 N–H and O–H groups in total. The maximum absolute atomic E-state index is 13.3. The van der Waals surface area contributed by atoms with E-state index in [0.717, 1.165) is 9.91 Å². The summed E-state index contributed by atoms with van der Waals surface area (Å²) in [5.41, 5.74) is 0.767. The van der Waals surface area contributed by atoms with Crippen molar-refractivity contribution in [2.45, 2.75) is 19.4 Å². The first-order chi connectivity index (χ1) is 14.9. The second-order valence-electron chi connectivity index (χ2n) is 6.73. The zero-order chi connectivity index (χ0) is 22.5. The Balaban J connectivity index is 2.04. The number of Topliss-reactive ketones (excluding diaryl/α,β-unsaturated/α-hetero) is 1. The monoisotopic (exact) mass is 420 g/mol. The molecule has 158 valence electrons. The summed E-state index contributed by atoms with van der Waals surface area (Å²) in [4.78, 5) is 52.7. The van der Waals surface area contributed by atoms with E-state index in [0.29, 0.717) is 5.56 Å². The average Bonchev–Trinajstić information content (AvgIpc) is 2.87. The summed E-state index contributed by atoms with van der Waals surface area (Å²) in [6.45, 7) is 1.61. The van der Waals surface area contributed by atoms with Crippen LogP contribution in [0.25, 0.3) is 0 Å². The van der Waals surface area contributed by atoms with Crippen LogP contribution in [0.2, 0.25) is 0 Å². The van der Waals surface area contributed by atoms with E-state index in [-0.39, 0.29) is 36.4 Å². The Bertz CT molecular complexity index is 1070. The van der Waals surface area contributed by atoms with Crippen LogP contribution in [0.3, 0.4) is 0 Å². The van der Waals surface area contributed by atoms with E-state index >= 15 is 0 Å². The number of fused-ring (bicyclic) bond motifs is 1. The molecular weight excluding hydrogens is 400 g/mol. The van der Waals surface area contributed by atoms with Gasteiger partial charge >= 0.3 is 5.97 Å². The number of anilines is 1. The molecule has 0 aliphatic carbocycles. The summed E-state index contributed by atoms with van der Waals surface area (Å²) in [6.07, 6.45) is -0.198. The van der Waals surface area contributed by atoms with Crippen LogP contribution in [0.4, 0.5) is 5.69 Å². The lowest BCUT2D eigenvalue weighted by atomic mass is 10.0. The van der Waals surface area contributed by atoms with Crippen molar-refractivity contribution in [1.82, 2.24) is 4.90 Å². The van der Waals surface area contributed by atoms with Gasteiger partial charge in [0.2, 0.25) is 0 Å². The van der Waals surface area contributed by atoms with E-state index in [1.54, 1.807) is 19.1 Å². The summed E-state index contributed by atoms with van der Waals surface area (Å²) in [7, 11) is 0. The minimum atomic E-state index is -1.58. The number of benzene rings is 2. The molecule has 0 saturated heterocycles. The first-order valence-corrected chi connectivity index (χ1v) is 9.57. The van der Waals surface area contributed by atoms with Crippen molar-refractivity contribution in [1.29, 1.82) is 5.26 Å². The van der Waals surface area contributed by atoms with Gasteiger partial charge in [0.25, 0.3) is 11.8 Å². The molecule has 1 aliphatic rings. The van der Waals surface area contributed by atoms with E-state index in [2.05, 4.69) is 0 Å². The quantitative estimate of drug-likeness (QED) is 0.246. The summed E-state index contributed by atoms with van der Waals surface area (Å²) in [5.74, 6) is 3.34. The number of carbonyl (C=O) groups is 4. The largest absolute Gasteiger partial charge is 0.466 e. The van der Waals surface area contributed by atoms with Crippen molar-refractivity contribution in [2.24, 2.45) is 5.84 Å². The van der Waals surface area contributed by atoms with Crippen LogP contribution in [0, 0.1) is 11.3 Å². The molecule has 0 bridgehead atoms. The number of hydrazine groups is 1. The first-order valence-electron chi connectivity index (χ1n) is 9.57. The molecule has 0 fully saturated rings. The highest BCUT2D eigenvalue weighted by atomic mass is 16.5. The lowest BCUT2D eigenvalue weighted by Crippen LogP contribution is -2.55. The molecule has 2 aromatic carbocycles. The van der Waals surface area contributed by atoms with Crippen molar-refractivity contribution in [2.75, 3.05) is 18.2 Å². The van der Waals surface area contributed by atoms with Gasteiger partial charge < -0.3 is 9.64 Å². The molecule has 31 heavy (non-hydrogen) atoms. The van der Waals surface area contributed by atoms with E-state index in [1.165, 1.54) is 36.4 Å². The van der Waals surface area contributed by atoms with Crippen molar-refractivity contribution in [3.8, 4) is 6.07 Å². The Kier molecular flexibility index (Phi) is 6.43. The molecule has 1 heterocycles. The highest BCUT2D eigenvalue weighted by Gasteiger charge is 2.43. The summed E-state index contributed by atoms with van der Waals surface area (Å²) < 4.78 is 4.91. The fraction of sp³-hybridized carbons (Fsp3) is 0.227. The molecule has 3 rings (SSSR count). The smallest absolute Gasteiger partial charge is 0.307 e. The van der Waals surface area contributed by atoms with Crippen LogP contribution in [0.1, 0.15) is 39.6 Å².